The number of aryl methyl sites for hydroxylation is 2. The van der Waals surface area contributed by atoms with Crippen molar-refractivity contribution in [1.29, 1.82) is 0 Å². The van der Waals surface area contributed by atoms with Crippen LogP contribution in [0.15, 0.2) is 54.3 Å². The second kappa shape index (κ2) is 10.4. The Morgan fingerprint density at radius 2 is 0.800 bits per heavy atom. The predicted molar refractivity (Wildman–Crippen MR) is 204 cm³/mol. The molecule has 40 heavy (non-hydrogen) atoms. The van der Waals surface area contributed by atoms with E-state index >= 15 is 0 Å². The number of thiophene rings is 8. The lowest BCUT2D eigenvalue weighted by Gasteiger charge is -1.96. The van der Waals surface area contributed by atoms with Crippen molar-refractivity contribution in [2.75, 3.05) is 0 Å². The monoisotopic (exact) mass is 920 g/mol. The van der Waals surface area contributed by atoms with Crippen LogP contribution in [-0.4, -0.2) is 0 Å². The minimum absolute atomic E-state index is 1.17. The number of hydrogen-bond donors (Lipinski definition) is 0. The van der Waals surface area contributed by atoms with E-state index in [1.54, 1.807) is 0 Å². The molecule has 8 aromatic heterocycles. The van der Waals surface area contributed by atoms with E-state index in [2.05, 4.69) is 114 Å². The van der Waals surface area contributed by atoms with Gasteiger partial charge in [-0.2, -0.15) is 0 Å². The SMILES string of the molecule is Cc1ccc(-c2cc(Br)c(-c3sc4c(sc5c6sc(-c7sc(-c8ccc(C)s8)cc7Br)c(Br)c6sc45)c3Br)s2)s1. The molecule has 0 saturated carbocycles. The first-order valence-electron chi connectivity index (χ1n) is 11.7. The molecule has 0 radical (unpaired) electrons. The van der Waals surface area contributed by atoms with E-state index in [1.165, 1.54) is 94.9 Å². The molecule has 0 atom stereocenters. The number of fused-ring (bicyclic) bond motifs is 5. The minimum atomic E-state index is 1.17. The number of halogens is 4. The lowest BCUT2D eigenvalue weighted by atomic mass is 10.3. The highest BCUT2D eigenvalue weighted by atomic mass is 79.9. The Kier molecular flexibility index (Phi) is 7.26. The molecule has 8 rings (SSSR count). The van der Waals surface area contributed by atoms with Crippen LogP contribution in [0.2, 0.25) is 0 Å². The third kappa shape index (κ3) is 4.38. The molecule has 0 aliphatic heterocycles. The molecule has 200 valence electrons. The van der Waals surface area contributed by atoms with Gasteiger partial charge in [0, 0.05) is 38.2 Å². The molecular weight excluding hydrogens is 912 g/mol. The standard InChI is InChI=1S/C28H12Br4S8/c1-9-3-5-13(33-9)15-7-11(29)19(35-15)21-17(31)23-25(37-21)27-28(39-23)26-24(40-27)18(32)22(38-26)20-12(30)8-16(36-20)14-6-4-10(2)34-14/h3-8H,1-2H3. The highest BCUT2D eigenvalue weighted by molar-refractivity contribution is 9.11. The van der Waals surface area contributed by atoms with Gasteiger partial charge >= 0.3 is 0 Å². The van der Waals surface area contributed by atoms with Gasteiger partial charge in [0.2, 0.25) is 0 Å². The van der Waals surface area contributed by atoms with E-state index in [4.69, 9.17) is 0 Å². The van der Waals surface area contributed by atoms with E-state index < -0.39 is 0 Å². The van der Waals surface area contributed by atoms with Gasteiger partial charge in [-0.15, -0.1) is 90.7 Å². The van der Waals surface area contributed by atoms with Crippen molar-refractivity contribution in [2.45, 2.75) is 13.8 Å². The molecule has 0 bridgehead atoms. The highest BCUT2D eigenvalue weighted by Gasteiger charge is 2.26. The quantitative estimate of drug-likeness (QED) is 0.165. The maximum Gasteiger partial charge on any atom is 0.0651 e. The zero-order chi connectivity index (χ0) is 27.4. The van der Waals surface area contributed by atoms with Crippen molar-refractivity contribution in [1.82, 2.24) is 0 Å². The van der Waals surface area contributed by atoms with E-state index in [-0.39, 0.29) is 0 Å². The van der Waals surface area contributed by atoms with E-state index in [0.29, 0.717) is 0 Å². The van der Waals surface area contributed by atoms with Crippen molar-refractivity contribution in [2.24, 2.45) is 0 Å². The van der Waals surface area contributed by atoms with Crippen LogP contribution in [0.25, 0.3) is 67.2 Å². The summed E-state index contributed by atoms with van der Waals surface area (Å²) in [5.41, 5.74) is 0. The van der Waals surface area contributed by atoms with Gasteiger partial charge in [-0.1, -0.05) is 0 Å². The normalized spacial score (nSPS) is 12.2. The summed E-state index contributed by atoms with van der Waals surface area (Å²) in [6.45, 7) is 4.34. The zero-order valence-corrected chi connectivity index (χ0v) is 33.1. The average Bonchev–Trinajstić information content (AvgIpc) is 3.74. The molecule has 8 aromatic rings. The van der Waals surface area contributed by atoms with Crippen molar-refractivity contribution >= 4 is 183 Å². The van der Waals surface area contributed by atoms with Gasteiger partial charge in [0.1, 0.15) is 0 Å². The number of hydrogen-bond acceptors (Lipinski definition) is 8. The smallest absolute Gasteiger partial charge is 0.0651 e. The zero-order valence-electron chi connectivity index (χ0n) is 20.2. The summed E-state index contributed by atoms with van der Waals surface area (Å²) in [5.74, 6) is 0. The Morgan fingerprint density at radius 1 is 0.400 bits per heavy atom. The Balaban J connectivity index is 1.23. The first-order chi connectivity index (χ1) is 19.3. The Hall–Kier alpha value is 0.300. The fourth-order valence-electron chi connectivity index (χ4n) is 4.59. The summed E-state index contributed by atoms with van der Waals surface area (Å²) in [5, 5.41) is 0. The predicted octanol–water partition coefficient (Wildman–Crippen LogP) is 16.0. The van der Waals surface area contributed by atoms with Gasteiger partial charge in [-0.05, 0) is 114 Å². The maximum absolute atomic E-state index is 4.02. The Bertz CT molecular complexity index is 2090. The molecule has 0 spiro atoms. The van der Waals surface area contributed by atoms with Crippen LogP contribution in [0.4, 0.5) is 0 Å². The summed E-state index contributed by atoms with van der Waals surface area (Å²) in [7, 11) is 0. The van der Waals surface area contributed by atoms with E-state index in [0.717, 1.165) is 0 Å². The fraction of sp³-hybridized carbons (Fsp3) is 0.0714. The van der Waals surface area contributed by atoms with Crippen molar-refractivity contribution < 1.29 is 0 Å². The summed E-state index contributed by atoms with van der Waals surface area (Å²) in [6.07, 6.45) is 0. The molecule has 0 aromatic carbocycles. The average molecular weight is 925 g/mol. The van der Waals surface area contributed by atoms with Crippen LogP contribution >= 0.6 is 154 Å². The van der Waals surface area contributed by atoms with Gasteiger partial charge in [0.15, 0.2) is 0 Å². The molecule has 0 amide bonds. The second-order valence-electron chi connectivity index (χ2n) is 9.07. The summed E-state index contributed by atoms with van der Waals surface area (Å²) in [6, 6.07) is 13.4. The molecule has 0 aliphatic carbocycles. The van der Waals surface area contributed by atoms with Gasteiger partial charge < -0.3 is 0 Å². The van der Waals surface area contributed by atoms with E-state index in [1.807, 2.05) is 90.7 Å². The van der Waals surface area contributed by atoms with Crippen LogP contribution < -0.4 is 0 Å². The molecular formula is C28H12Br4S8. The first-order valence-corrected chi connectivity index (χ1v) is 21.5. The van der Waals surface area contributed by atoms with Gasteiger partial charge in [0.25, 0.3) is 0 Å². The molecule has 0 aliphatic rings. The van der Waals surface area contributed by atoms with Crippen molar-refractivity contribution in [3.8, 4) is 39.0 Å². The molecule has 0 N–H and O–H groups in total. The maximum atomic E-state index is 4.02. The minimum Gasteiger partial charge on any atom is -0.140 e. The lowest BCUT2D eigenvalue weighted by Crippen LogP contribution is -1.66. The van der Waals surface area contributed by atoms with E-state index in [9.17, 15) is 0 Å². The molecule has 0 nitrogen and oxygen atoms in total. The lowest BCUT2D eigenvalue weighted by molar-refractivity contribution is 1.64. The topological polar surface area (TPSA) is 0 Å². The Morgan fingerprint density at radius 3 is 1.18 bits per heavy atom. The molecule has 8 heterocycles. The molecule has 0 saturated heterocycles. The van der Waals surface area contributed by atoms with Crippen molar-refractivity contribution in [3.05, 3.63) is 64.0 Å². The van der Waals surface area contributed by atoms with Crippen LogP contribution in [0.5, 0.6) is 0 Å². The van der Waals surface area contributed by atoms with Gasteiger partial charge in [0.05, 0.1) is 56.7 Å². The summed E-state index contributed by atoms with van der Waals surface area (Å²) >= 11 is 30.9. The van der Waals surface area contributed by atoms with Gasteiger partial charge in [-0.3, -0.25) is 0 Å². The van der Waals surface area contributed by atoms with Crippen LogP contribution in [0.1, 0.15) is 9.75 Å². The fourth-order valence-corrected chi connectivity index (χ4v) is 18.7. The largest absolute Gasteiger partial charge is 0.140 e. The number of rotatable bonds is 4. The summed E-state index contributed by atoms with van der Waals surface area (Å²) < 4.78 is 13.1. The highest BCUT2D eigenvalue weighted by Crippen LogP contribution is 2.59. The van der Waals surface area contributed by atoms with Crippen LogP contribution in [0, 0.1) is 13.8 Å². The van der Waals surface area contributed by atoms with Gasteiger partial charge in [-0.25, -0.2) is 0 Å². The van der Waals surface area contributed by atoms with Crippen LogP contribution in [0.3, 0.4) is 0 Å². The molecule has 0 unspecified atom stereocenters. The molecule has 12 heteroatoms. The van der Waals surface area contributed by atoms with Crippen molar-refractivity contribution in [3.63, 3.8) is 0 Å². The van der Waals surface area contributed by atoms with Crippen LogP contribution in [-0.2, 0) is 0 Å². The second-order valence-corrected chi connectivity index (χ2v) is 21.1. The third-order valence-corrected chi connectivity index (χ3v) is 21.3. The summed E-state index contributed by atoms with van der Waals surface area (Å²) in [4.78, 5) is 13.2. The third-order valence-electron chi connectivity index (χ3n) is 6.40. The molecule has 0 fully saturated rings. The Labute approximate surface area is 295 Å². The first kappa shape index (κ1) is 27.8.